The fraction of sp³-hybridized carbons (Fsp3) is 0.526. The molecule has 0 spiro atoms. The van der Waals surface area contributed by atoms with E-state index in [0.717, 1.165) is 48.5 Å². The molecule has 5 atom stereocenters. The van der Waals surface area contributed by atoms with E-state index in [1.54, 1.807) is 17.7 Å². The number of amides is 1. The van der Waals surface area contributed by atoms with Crippen molar-refractivity contribution in [3.63, 3.8) is 0 Å². The van der Waals surface area contributed by atoms with Crippen LogP contribution in [-0.2, 0) is 9.53 Å². The molecule has 6 rings (SSSR count). The van der Waals surface area contributed by atoms with Gasteiger partial charge in [-0.2, -0.15) is 0 Å². The number of hydrogen-bond acceptors (Lipinski definition) is 6. The van der Waals surface area contributed by atoms with Crippen molar-refractivity contribution < 1.29 is 9.53 Å². The van der Waals surface area contributed by atoms with E-state index in [0.29, 0.717) is 11.8 Å². The molecule has 5 unspecified atom stereocenters. The lowest BCUT2D eigenvalue weighted by atomic mass is 9.86. The Bertz CT molecular complexity index is 892. The second-order valence-corrected chi connectivity index (χ2v) is 8.60. The molecule has 6 nitrogen and oxygen atoms in total. The number of rotatable bonds is 2. The van der Waals surface area contributed by atoms with Crippen molar-refractivity contribution in [2.75, 3.05) is 24.5 Å². The highest BCUT2D eigenvalue weighted by Crippen LogP contribution is 2.44. The summed E-state index contributed by atoms with van der Waals surface area (Å²) in [5.74, 6) is 2.13. The fourth-order valence-electron chi connectivity index (χ4n) is 5.20. The number of fused-ring (bicyclic) bond motifs is 6. The predicted molar refractivity (Wildman–Crippen MR) is 99.1 cm³/mol. The minimum Gasteiger partial charge on any atom is -0.366 e. The van der Waals surface area contributed by atoms with Gasteiger partial charge in [0.05, 0.1) is 17.6 Å². The first-order valence-electron chi connectivity index (χ1n) is 9.37. The molecule has 134 valence electrons. The number of ether oxygens (including phenoxy) is 1. The zero-order chi connectivity index (χ0) is 17.3. The van der Waals surface area contributed by atoms with Gasteiger partial charge in [-0.05, 0) is 24.3 Å². The van der Waals surface area contributed by atoms with E-state index in [2.05, 4.69) is 38.0 Å². The summed E-state index contributed by atoms with van der Waals surface area (Å²) >= 11 is 1.62. The molecule has 0 aromatic carbocycles. The molecule has 0 N–H and O–H groups in total. The maximum Gasteiger partial charge on any atom is 0.245 e. The van der Waals surface area contributed by atoms with Gasteiger partial charge < -0.3 is 14.5 Å². The van der Waals surface area contributed by atoms with Crippen LogP contribution in [0, 0.1) is 11.8 Å². The van der Waals surface area contributed by atoms with E-state index in [4.69, 9.17) is 4.74 Å². The molecule has 0 radical (unpaired) electrons. The molecule has 7 heteroatoms. The number of carbonyl (C=O) groups excluding carboxylic acids is 1. The van der Waals surface area contributed by atoms with Gasteiger partial charge in [-0.15, -0.1) is 11.3 Å². The molecule has 2 aromatic rings. The van der Waals surface area contributed by atoms with Crippen molar-refractivity contribution in [1.29, 1.82) is 0 Å². The minimum absolute atomic E-state index is 0.0987. The summed E-state index contributed by atoms with van der Waals surface area (Å²) in [7, 11) is 0. The molecule has 0 aliphatic carbocycles. The van der Waals surface area contributed by atoms with E-state index in [-0.39, 0.29) is 24.2 Å². The second-order valence-electron chi connectivity index (χ2n) is 7.71. The normalized spacial score (nSPS) is 35.0. The topological polar surface area (TPSA) is 58.6 Å². The van der Waals surface area contributed by atoms with Gasteiger partial charge in [-0.25, -0.2) is 9.97 Å². The van der Waals surface area contributed by atoms with E-state index in [1.807, 2.05) is 5.38 Å². The first-order valence-corrected chi connectivity index (χ1v) is 10.2. The monoisotopic (exact) mass is 368 g/mol. The molecular formula is C19H20N4O2S. The highest BCUT2D eigenvalue weighted by atomic mass is 32.1. The number of likely N-dealkylation sites (tertiary alicyclic amines) is 1. The molecule has 1 amide bonds. The zero-order valence-corrected chi connectivity index (χ0v) is 15.1. The Morgan fingerprint density at radius 3 is 2.81 bits per heavy atom. The van der Waals surface area contributed by atoms with Crippen LogP contribution in [0.3, 0.4) is 0 Å². The number of thiophene rings is 1. The number of carbonyl (C=O) groups is 1. The Kier molecular flexibility index (Phi) is 3.20. The first-order chi connectivity index (χ1) is 12.8. The predicted octanol–water partition coefficient (Wildman–Crippen LogP) is 2.07. The van der Waals surface area contributed by atoms with Crippen LogP contribution in [0.2, 0.25) is 0 Å². The number of nitrogens with zero attached hydrogens (tertiary/aromatic N) is 4. The molecule has 6 heterocycles. The van der Waals surface area contributed by atoms with Gasteiger partial charge in [0.1, 0.15) is 23.0 Å². The summed E-state index contributed by atoms with van der Waals surface area (Å²) in [4.78, 5) is 27.5. The largest absolute Gasteiger partial charge is 0.366 e. The number of aromatic nitrogens is 2. The average molecular weight is 368 g/mol. The Labute approximate surface area is 155 Å². The molecule has 26 heavy (non-hydrogen) atoms. The summed E-state index contributed by atoms with van der Waals surface area (Å²) in [6, 6.07) is 1.97. The quantitative estimate of drug-likeness (QED) is 0.760. The second kappa shape index (κ2) is 5.50. The molecular weight excluding hydrogens is 348 g/mol. The highest BCUT2D eigenvalue weighted by molar-refractivity contribution is 7.16. The lowest BCUT2D eigenvalue weighted by Crippen LogP contribution is -2.46. The fourth-order valence-corrected chi connectivity index (χ4v) is 5.93. The van der Waals surface area contributed by atoms with Gasteiger partial charge in [0.2, 0.25) is 5.91 Å². The molecule has 4 aliphatic rings. The van der Waals surface area contributed by atoms with Crippen molar-refractivity contribution in [2.24, 2.45) is 11.8 Å². The van der Waals surface area contributed by atoms with Gasteiger partial charge in [0.15, 0.2) is 0 Å². The maximum atomic E-state index is 13.4. The highest BCUT2D eigenvalue weighted by Gasteiger charge is 2.52. The van der Waals surface area contributed by atoms with E-state index in [1.165, 1.54) is 0 Å². The lowest BCUT2D eigenvalue weighted by molar-refractivity contribution is -0.132. The third-order valence-electron chi connectivity index (χ3n) is 6.42. The van der Waals surface area contributed by atoms with Crippen LogP contribution in [0.15, 0.2) is 29.9 Å². The van der Waals surface area contributed by atoms with Crippen molar-refractivity contribution in [1.82, 2.24) is 14.9 Å². The molecule has 0 saturated carbocycles. The molecule has 3 saturated heterocycles. The van der Waals surface area contributed by atoms with Gasteiger partial charge in [0, 0.05) is 31.5 Å². The van der Waals surface area contributed by atoms with Crippen molar-refractivity contribution in [3.8, 4) is 0 Å². The van der Waals surface area contributed by atoms with Gasteiger partial charge in [-0.3, -0.25) is 4.79 Å². The standard InChI is InChI=1S/C19H20N4O2S/c24-19(22-8-12-13(9-22)16-4-3-15(12)25-16)14-2-1-6-23(14)17-11-5-7-26-18(11)21-10-20-17/h3-5,7,10,12-16H,1-2,6,8-9H2. The van der Waals surface area contributed by atoms with Crippen LogP contribution in [0.1, 0.15) is 12.8 Å². The number of anilines is 1. The maximum absolute atomic E-state index is 13.4. The lowest BCUT2D eigenvalue weighted by Gasteiger charge is -2.29. The smallest absolute Gasteiger partial charge is 0.245 e. The third kappa shape index (κ3) is 2.04. The zero-order valence-electron chi connectivity index (χ0n) is 14.3. The summed E-state index contributed by atoms with van der Waals surface area (Å²) in [6.07, 6.45) is 8.34. The summed E-state index contributed by atoms with van der Waals surface area (Å²) in [5, 5.41) is 3.10. The van der Waals surface area contributed by atoms with Crippen molar-refractivity contribution in [3.05, 3.63) is 29.9 Å². The average Bonchev–Trinajstić information content (AvgIpc) is 3.47. The summed E-state index contributed by atoms with van der Waals surface area (Å²) in [6.45, 7) is 2.54. The van der Waals surface area contributed by atoms with E-state index in [9.17, 15) is 4.79 Å². The Morgan fingerprint density at radius 1 is 1.19 bits per heavy atom. The minimum atomic E-state index is -0.0987. The van der Waals surface area contributed by atoms with E-state index < -0.39 is 0 Å². The Hall–Kier alpha value is -1.99. The van der Waals surface area contributed by atoms with Gasteiger partial charge in [-0.1, -0.05) is 12.2 Å². The van der Waals surface area contributed by atoms with Crippen LogP contribution in [0.4, 0.5) is 5.82 Å². The molecule has 2 aromatic heterocycles. The van der Waals surface area contributed by atoms with Gasteiger partial charge in [0.25, 0.3) is 0 Å². The molecule has 2 bridgehead atoms. The SMILES string of the molecule is O=C(C1CCCN1c1ncnc2sccc12)N1CC2C3C=CC(O3)C2C1. The van der Waals surface area contributed by atoms with Crippen molar-refractivity contribution in [2.45, 2.75) is 31.1 Å². The Morgan fingerprint density at radius 2 is 2.00 bits per heavy atom. The number of hydrogen-bond donors (Lipinski definition) is 0. The summed E-state index contributed by atoms with van der Waals surface area (Å²) < 4.78 is 5.95. The van der Waals surface area contributed by atoms with Crippen LogP contribution in [0.5, 0.6) is 0 Å². The summed E-state index contributed by atoms with van der Waals surface area (Å²) in [5.41, 5.74) is 0. The van der Waals surface area contributed by atoms with Gasteiger partial charge >= 0.3 is 0 Å². The van der Waals surface area contributed by atoms with E-state index >= 15 is 0 Å². The third-order valence-corrected chi connectivity index (χ3v) is 7.24. The van der Waals surface area contributed by atoms with Crippen LogP contribution >= 0.6 is 11.3 Å². The van der Waals surface area contributed by atoms with Crippen molar-refractivity contribution >= 4 is 33.3 Å². The Balaban J connectivity index is 1.27. The first kappa shape index (κ1) is 15.1. The van der Waals surface area contributed by atoms with Crippen LogP contribution in [0.25, 0.3) is 10.2 Å². The molecule has 4 aliphatic heterocycles. The van der Waals surface area contributed by atoms with Crippen LogP contribution in [-0.4, -0.2) is 58.7 Å². The molecule has 3 fully saturated rings. The van der Waals surface area contributed by atoms with Crippen LogP contribution < -0.4 is 4.90 Å².